The Morgan fingerprint density at radius 3 is 2.33 bits per heavy atom. The lowest BCUT2D eigenvalue weighted by Gasteiger charge is -1.96. The van der Waals surface area contributed by atoms with Gasteiger partial charge < -0.3 is 0 Å². The molecule has 80 valence electrons. The minimum atomic E-state index is -3.77. The summed E-state index contributed by atoms with van der Waals surface area (Å²) in [7, 11) is -3.77. The zero-order chi connectivity index (χ0) is 11.3. The predicted molar refractivity (Wildman–Crippen MR) is 52.8 cm³/mol. The van der Waals surface area contributed by atoms with Crippen LogP contribution in [0.4, 0.5) is 8.78 Å². The highest BCUT2D eigenvalue weighted by Gasteiger charge is 2.08. The molecule has 1 aromatic carbocycles. The highest BCUT2D eigenvalue weighted by molar-refractivity contribution is 7.95. The van der Waals surface area contributed by atoms with Gasteiger partial charge in [0.2, 0.25) is 9.84 Å². The van der Waals surface area contributed by atoms with E-state index in [1.165, 1.54) is 5.92 Å². The average Bonchev–Trinajstić information content (AvgIpc) is 2.16. The molecule has 2 nitrogen and oxygen atoms in total. The van der Waals surface area contributed by atoms with Crippen LogP contribution in [0.5, 0.6) is 0 Å². The molecule has 0 aliphatic rings. The van der Waals surface area contributed by atoms with Crippen molar-refractivity contribution in [3.8, 4) is 11.2 Å². The predicted octanol–water partition coefficient (Wildman–Crippen LogP) is 1.83. The summed E-state index contributed by atoms with van der Waals surface area (Å²) in [5, 5.41) is 1.58. The van der Waals surface area contributed by atoms with Crippen molar-refractivity contribution in [2.24, 2.45) is 0 Å². The minimum absolute atomic E-state index is 0.340. The zero-order valence-electron chi connectivity index (χ0n) is 7.65. The van der Waals surface area contributed by atoms with Crippen molar-refractivity contribution in [2.75, 3.05) is 0 Å². The van der Waals surface area contributed by atoms with Gasteiger partial charge in [-0.3, -0.25) is 0 Å². The first-order valence-electron chi connectivity index (χ1n) is 4.07. The summed E-state index contributed by atoms with van der Waals surface area (Å²) in [5.74, 6) is 0.995. The molecular weight excluding hydrogens is 222 g/mol. The van der Waals surface area contributed by atoms with Crippen molar-refractivity contribution in [3.63, 3.8) is 0 Å². The summed E-state index contributed by atoms with van der Waals surface area (Å²) in [6, 6.07) is 8.28. The zero-order valence-corrected chi connectivity index (χ0v) is 8.47. The van der Waals surface area contributed by atoms with E-state index in [2.05, 4.69) is 0 Å². The number of halogens is 2. The van der Waals surface area contributed by atoms with E-state index >= 15 is 0 Å². The normalized spacial score (nSPS) is 10.9. The van der Waals surface area contributed by atoms with Crippen LogP contribution in [0.1, 0.15) is 5.56 Å². The average molecular weight is 230 g/mol. The van der Waals surface area contributed by atoms with Gasteiger partial charge in [-0.1, -0.05) is 30.3 Å². The highest BCUT2D eigenvalue weighted by atomic mass is 32.2. The molecule has 0 atom stereocenters. The number of hydrogen-bond acceptors (Lipinski definition) is 2. The number of alkyl halides is 2. The highest BCUT2D eigenvalue weighted by Crippen LogP contribution is 2.05. The Morgan fingerprint density at radius 2 is 1.80 bits per heavy atom. The molecule has 15 heavy (non-hydrogen) atoms. The van der Waals surface area contributed by atoms with Gasteiger partial charge in [0.25, 0.3) is 6.43 Å². The van der Waals surface area contributed by atoms with Gasteiger partial charge >= 0.3 is 0 Å². The van der Waals surface area contributed by atoms with E-state index in [9.17, 15) is 17.2 Å². The van der Waals surface area contributed by atoms with Gasteiger partial charge in [-0.15, -0.1) is 0 Å². The molecule has 0 aromatic heterocycles. The Labute approximate surface area is 86.8 Å². The number of benzene rings is 1. The fraction of sp³-hybridized carbons (Fsp3) is 0.200. The van der Waals surface area contributed by atoms with Gasteiger partial charge in [0.05, 0.1) is 5.75 Å². The molecule has 0 aliphatic carbocycles. The molecule has 0 bridgehead atoms. The summed E-state index contributed by atoms with van der Waals surface area (Å²) in [5.41, 5.74) is 0.529. The number of hydrogen-bond donors (Lipinski definition) is 0. The first kappa shape index (κ1) is 11.7. The third kappa shape index (κ3) is 4.56. The van der Waals surface area contributed by atoms with Crippen molar-refractivity contribution in [2.45, 2.75) is 12.2 Å². The lowest BCUT2D eigenvalue weighted by Crippen LogP contribution is -2.01. The van der Waals surface area contributed by atoms with Crippen LogP contribution in [0, 0.1) is 11.2 Å². The molecule has 0 amide bonds. The van der Waals surface area contributed by atoms with Gasteiger partial charge in [0.15, 0.2) is 0 Å². The Morgan fingerprint density at radius 1 is 1.20 bits per heavy atom. The summed E-state index contributed by atoms with van der Waals surface area (Å²) < 4.78 is 45.7. The van der Waals surface area contributed by atoms with Crippen LogP contribution < -0.4 is 0 Å². The molecule has 1 aromatic rings. The maximum Gasteiger partial charge on any atom is 0.299 e. The van der Waals surface area contributed by atoms with Crippen molar-refractivity contribution in [3.05, 3.63) is 35.9 Å². The Hall–Kier alpha value is -1.41. The van der Waals surface area contributed by atoms with Crippen LogP contribution in [-0.2, 0) is 15.6 Å². The first-order valence-corrected chi connectivity index (χ1v) is 5.72. The molecule has 0 N–H and O–H groups in total. The fourth-order valence-electron chi connectivity index (χ4n) is 0.964. The van der Waals surface area contributed by atoms with E-state index in [0.29, 0.717) is 5.56 Å². The van der Waals surface area contributed by atoms with E-state index in [0.717, 1.165) is 0 Å². The lowest BCUT2D eigenvalue weighted by molar-refractivity contribution is 0.215. The van der Waals surface area contributed by atoms with E-state index < -0.39 is 16.3 Å². The maximum atomic E-state index is 11.7. The Balaban J connectivity index is 2.80. The fourth-order valence-corrected chi connectivity index (χ4v) is 1.94. The van der Waals surface area contributed by atoms with Crippen LogP contribution in [0.25, 0.3) is 0 Å². The molecule has 0 aliphatic heterocycles. The number of sulfone groups is 1. The molecule has 0 unspecified atom stereocenters. The van der Waals surface area contributed by atoms with Gasteiger partial charge in [-0.05, 0) is 11.5 Å². The third-order valence-corrected chi connectivity index (χ3v) is 2.67. The van der Waals surface area contributed by atoms with Crippen molar-refractivity contribution >= 4 is 9.84 Å². The standard InChI is InChI=1S/C10H8F2O2S/c11-10(12)6-7-15(13,14)8-9-4-2-1-3-5-9/h1-5,10H,8H2. The second-order valence-corrected chi connectivity index (χ2v) is 4.51. The quantitative estimate of drug-likeness (QED) is 0.573. The van der Waals surface area contributed by atoms with Crippen molar-refractivity contribution in [1.82, 2.24) is 0 Å². The van der Waals surface area contributed by atoms with E-state index in [1.54, 1.807) is 35.6 Å². The minimum Gasteiger partial charge on any atom is -0.215 e. The Kier molecular flexibility index (Phi) is 3.81. The lowest BCUT2D eigenvalue weighted by atomic mass is 10.2. The van der Waals surface area contributed by atoms with Gasteiger partial charge in [0.1, 0.15) is 0 Å². The van der Waals surface area contributed by atoms with Crippen molar-refractivity contribution in [1.29, 1.82) is 0 Å². The summed E-state index contributed by atoms with van der Waals surface area (Å²) in [6.07, 6.45) is -2.92. The monoisotopic (exact) mass is 230 g/mol. The van der Waals surface area contributed by atoms with Crippen LogP contribution in [0.2, 0.25) is 0 Å². The Bertz CT molecular complexity index is 469. The molecule has 0 saturated heterocycles. The van der Waals surface area contributed by atoms with Crippen molar-refractivity contribution < 1.29 is 17.2 Å². The van der Waals surface area contributed by atoms with E-state index in [1.807, 2.05) is 0 Å². The van der Waals surface area contributed by atoms with Crippen LogP contribution in [-0.4, -0.2) is 14.8 Å². The third-order valence-electron chi connectivity index (χ3n) is 1.52. The van der Waals surface area contributed by atoms with Crippen LogP contribution >= 0.6 is 0 Å². The molecule has 1 rings (SSSR count). The molecular formula is C10H8F2O2S. The van der Waals surface area contributed by atoms with Gasteiger partial charge in [0, 0.05) is 5.25 Å². The van der Waals surface area contributed by atoms with E-state index in [4.69, 9.17) is 0 Å². The maximum absolute atomic E-state index is 11.7. The van der Waals surface area contributed by atoms with E-state index in [-0.39, 0.29) is 5.75 Å². The smallest absolute Gasteiger partial charge is 0.215 e. The molecule has 0 spiro atoms. The first-order chi connectivity index (χ1) is 6.99. The van der Waals surface area contributed by atoms with Crippen LogP contribution in [0.3, 0.4) is 0 Å². The summed E-state index contributed by atoms with van der Waals surface area (Å²) in [4.78, 5) is 0. The topological polar surface area (TPSA) is 34.1 Å². The van der Waals surface area contributed by atoms with Crippen LogP contribution in [0.15, 0.2) is 30.3 Å². The van der Waals surface area contributed by atoms with Gasteiger partial charge in [-0.2, -0.15) is 8.78 Å². The summed E-state index contributed by atoms with van der Waals surface area (Å²) >= 11 is 0. The molecule has 5 heteroatoms. The molecule has 0 saturated carbocycles. The second kappa shape index (κ2) is 4.89. The van der Waals surface area contributed by atoms with Gasteiger partial charge in [-0.25, -0.2) is 8.42 Å². The molecule has 0 radical (unpaired) electrons. The largest absolute Gasteiger partial charge is 0.299 e. The molecule has 0 fully saturated rings. The molecule has 0 heterocycles. The second-order valence-electron chi connectivity index (χ2n) is 2.79. The summed E-state index contributed by atoms with van der Waals surface area (Å²) in [6.45, 7) is 0. The number of rotatable bonds is 2. The SMILES string of the molecule is O=S(=O)(C#CC(F)F)Cc1ccccc1.